The summed E-state index contributed by atoms with van der Waals surface area (Å²) >= 11 is 0. The van der Waals surface area contributed by atoms with Crippen molar-refractivity contribution >= 4 is 11.9 Å². The molecule has 2 N–H and O–H groups in total. The van der Waals surface area contributed by atoms with Gasteiger partial charge >= 0.3 is 0 Å². The number of carbonyl (C=O) groups excluding carboxylic acids is 1. The number of aryl methyl sites for hydroxylation is 1. The second-order valence-electron chi connectivity index (χ2n) is 5.66. The van der Waals surface area contributed by atoms with Crippen molar-refractivity contribution in [1.29, 1.82) is 0 Å². The second kappa shape index (κ2) is 6.60. The van der Waals surface area contributed by atoms with Gasteiger partial charge in [-0.1, -0.05) is 6.07 Å². The van der Waals surface area contributed by atoms with Crippen LogP contribution >= 0.6 is 0 Å². The van der Waals surface area contributed by atoms with E-state index in [4.69, 9.17) is 0 Å². The fraction of sp³-hybridized carbons (Fsp3) is 0.375. The van der Waals surface area contributed by atoms with Crippen molar-refractivity contribution in [2.45, 2.75) is 25.8 Å². The van der Waals surface area contributed by atoms with Crippen molar-refractivity contribution in [1.82, 2.24) is 20.3 Å². The van der Waals surface area contributed by atoms with E-state index in [2.05, 4.69) is 20.3 Å². The summed E-state index contributed by atoms with van der Waals surface area (Å²) in [7, 11) is 0. The van der Waals surface area contributed by atoms with E-state index < -0.39 is 0 Å². The maximum absolute atomic E-state index is 12.1. The Morgan fingerprint density at radius 1 is 1.35 bits per heavy atom. The first kappa shape index (κ1) is 15.2. The summed E-state index contributed by atoms with van der Waals surface area (Å²) in [5, 5.41) is 3.01. The molecule has 0 radical (unpaired) electrons. The summed E-state index contributed by atoms with van der Waals surface area (Å²) in [4.78, 5) is 36.9. The molecule has 7 heteroatoms. The maximum atomic E-state index is 12.1. The van der Waals surface area contributed by atoms with Crippen LogP contribution in [0.5, 0.6) is 0 Å². The van der Waals surface area contributed by atoms with Crippen LogP contribution in [0.1, 0.15) is 29.0 Å². The van der Waals surface area contributed by atoms with Crippen molar-refractivity contribution in [3.63, 3.8) is 0 Å². The van der Waals surface area contributed by atoms with Crippen LogP contribution in [0, 0.1) is 6.92 Å². The van der Waals surface area contributed by atoms with Crippen molar-refractivity contribution in [3.05, 3.63) is 52.2 Å². The quantitative estimate of drug-likeness (QED) is 0.877. The summed E-state index contributed by atoms with van der Waals surface area (Å²) < 4.78 is 0. The smallest absolute Gasteiger partial charge is 0.270 e. The molecule has 2 aromatic heterocycles. The zero-order valence-electron chi connectivity index (χ0n) is 13.0. The van der Waals surface area contributed by atoms with Crippen LogP contribution in [-0.2, 0) is 0 Å². The minimum Gasteiger partial charge on any atom is -0.348 e. The number of rotatable bonds is 3. The zero-order chi connectivity index (χ0) is 16.2. The van der Waals surface area contributed by atoms with Crippen molar-refractivity contribution in [2.75, 3.05) is 18.0 Å². The Kier molecular flexibility index (Phi) is 4.36. The highest BCUT2D eigenvalue weighted by atomic mass is 16.2. The topological polar surface area (TPSA) is 91.0 Å². The van der Waals surface area contributed by atoms with Crippen molar-refractivity contribution in [2.24, 2.45) is 0 Å². The largest absolute Gasteiger partial charge is 0.348 e. The molecular weight excluding hydrogens is 294 g/mol. The van der Waals surface area contributed by atoms with Crippen LogP contribution in [0.4, 0.5) is 5.95 Å². The van der Waals surface area contributed by atoms with Gasteiger partial charge in [0, 0.05) is 37.1 Å². The number of aromatic nitrogens is 3. The van der Waals surface area contributed by atoms with Gasteiger partial charge in [-0.05, 0) is 31.9 Å². The minimum absolute atomic E-state index is 0.109. The van der Waals surface area contributed by atoms with E-state index in [0.29, 0.717) is 17.3 Å². The lowest BCUT2D eigenvalue weighted by Crippen LogP contribution is -2.45. The van der Waals surface area contributed by atoms with Crippen LogP contribution < -0.4 is 15.8 Å². The highest BCUT2D eigenvalue weighted by molar-refractivity contribution is 5.92. The number of carbonyl (C=O) groups is 1. The number of hydrogen-bond acceptors (Lipinski definition) is 5. The van der Waals surface area contributed by atoms with E-state index in [9.17, 15) is 9.59 Å². The molecule has 1 fully saturated rings. The molecule has 1 amide bonds. The fourth-order valence-corrected chi connectivity index (χ4v) is 2.71. The summed E-state index contributed by atoms with van der Waals surface area (Å²) in [6.07, 6.45) is 3.21. The summed E-state index contributed by atoms with van der Waals surface area (Å²) in [6.45, 7) is 3.28. The summed E-state index contributed by atoms with van der Waals surface area (Å²) in [6, 6.07) is 6.86. The van der Waals surface area contributed by atoms with Gasteiger partial charge in [0.05, 0.1) is 0 Å². The Labute approximate surface area is 133 Å². The molecule has 3 rings (SSSR count). The third-order valence-electron chi connectivity index (χ3n) is 3.88. The van der Waals surface area contributed by atoms with Gasteiger partial charge in [-0.25, -0.2) is 4.98 Å². The predicted molar refractivity (Wildman–Crippen MR) is 86.5 cm³/mol. The van der Waals surface area contributed by atoms with Crippen molar-refractivity contribution in [3.8, 4) is 0 Å². The Hall–Kier alpha value is -2.70. The molecule has 1 aliphatic rings. The minimum atomic E-state index is -0.147. The van der Waals surface area contributed by atoms with E-state index in [-0.39, 0.29) is 17.5 Å². The summed E-state index contributed by atoms with van der Waals surface area (Å²) in [5.74, 6) is 0.454. The highest BCUT2D eigenvalue weighted by Crippen LogP contribution is 2.15. The lowest BCUT2D eigenvalue weighted by atomic mass is 10.1. The number of anilines is 1. The normalized spacial score (nSPS) is 15.4. The molecular formula is C16H19N5O2. The third kappa shape index (κ3) is 3.74. The molecule has 0 bridgehead atoms. The molecule has 120 valence electrons. The SMILES string of the molecule is Cc1cc(=O)[nH]c(N2CCC(NC(=O)c3ccccn3)CC2)n1. The monoisotopic (exact) mass is 313 g/mol. The molecule has 0 unspecified atom stereocenters. The van der Waals surface area contributed by atoms with Gasteiger partial charge in [0.15, 0.2) is 0 Å². The van der Waals surface area contributed by atoms with Crippen LogP contribution in [0.15, 0.2) is 35.3 Å². The number of pyridine rings is 1. The summed E-state index contributed by atoms with van der Waals surface area (Å²) in [5.41, 5.74) is 0.993. The molecule has 23 heavy (non-hydrogen) atoms. The standard InChI is InChI=1S/C16H19N5O2/c1-11-10-14(22)20-16(18-11)21-8-5-12(6-9-21)19-15(23)13-4-2-3-7-17-13/h2-4,7,10,12H,5-6,8-9H2,1H3,(H,19,23)(H,18,20,22). The number of aromatic amines is 1. The van der Waals surface area contributed by atoms with Gasteiger partial charge in [0.2, 0.25) is 5.95 Å². The molecule has 0 atom stereocenters. The first-order chi connectivity index (χ1) is 11.1. The zero-order valence-corrected chi connectivity index (χ0v) is 13.0. The molecule has 0 aromatic carbocycles. The third-order valence-corrected chi connectivity index (χ3v) is 3.88. The van der Waals surface area contributed by atoms with Gasteiger partial charge < -0.3 is 10.2 Å². The highest BCUT2D eigenvalue weighted by Gasteiger charge is 2.22. The lowest BCUT2D eigenvalue weighted by molar-refractivity contribution is 0.0926. The van der Waals surface area contributed by atoms with Crippen LogP contribution in [0.25, 0.3) is 0 Å². The first-order valence-electron chi connectivity index (χ1n) is 7.66. The molecule has 1 saturated heterocycles. The molecule has 0 aliphatic carbocycles. The van der Waals surface area contributed by atoms with E-state index >= 15 is 0 Å². The molecule has 2 aromatic rings. The van der Waals surface area contributed by atoms with Gasteiger partial charge in [-0.2, -0.15) is 0 Å². The maximum Gasteiger partial charge on any atom is 0.270 e. The van der Waals surface area contributed by atoms with Gasteiger partial charge in [0.1, 0.15) is 5.69 Å². The average molecular weight is 313 g/mol. The van der Waals surface area contributed by atoms with E-state index in [1.54, 1.807) is 31.3 Å². The van der Waals surface area contributed by atoms with Gasteiger partial charge in [-0.15, -0.1) is 0 Å². The van der Waals surface area contributed by atoms with Crippen molar-refractivity contribution < 1.29 is 4.79 Å². The van der Waals surface area contributed by atoms with Gasteiger partial charge in [-0.3, -0.25) is 19.6 Å². The number of nitrogens with one attached hydrogen (secondary N) is 2. The molecule has 0 saturated carbocycles. The molecule has 0 spiro atoms. The van der Waals surface area contributed by atoms with Crippen LogP contribution in [0.2, 0.25) is 0 Å². The Morgan fingerprint density at radius 2 is 2.13 bits per heavy atom. The average Bonchev–Trinajstić information content (AvgIpc) is 2.55. The number of H-pyrrole nitrogens is 1. The Balaban J connectivity index is 1.58. The van der Waals surface area contributed by atoms with Gasteiger partial charge in [0.25, 0.3) is 11.5 Å². The first-order valence-corrected chi connectivity index (χ1v) is 7.66. The Morgan fingerprint density at radius 3 is 2.78 bits per heavy atom. The molecule has 1 aliphatic heterocycles. The number of nitrogens with zero attached hydrogens (tertiary/aromatic N) is 3. The predicted octanol–water partition coefficient (Wildman–Crippen LogP) is 0.872. The lowest BCUT2D eigenvalue weighted by Gasteiger charge is -2.32. The fourth-order valence-electron chi connectivity index (χ4n) is 2.71. The van der Waals surface area contributed by atoms with E-state index in [1.807, 2.05) is 4.90 Å². The molecule has 7 nitrogen and oxygen atoms in total. The van der Waals surface area contributed by atoms with E-state index in [1.165, 1.54) is 6.07 Å². The number of piperidine rings is 1. The van der Waals surface area contributed by atoms with Crippen LogP contribution in [-0.4, -0.2) is 40.0 Å². The second-order valence-corrected chi connectivity index (χ2v) is 5.66. The van der Waals surface area contributed by atoms with E-state index in [0.717, 1.165) is 25.9 Å². The Bertz CT molecular complexity index is 736. The number of hydrogen-bond donors (Lipinski definition) is 2. The molecule has 3 heterocycles. The van der Waals surface area contributed by atoms with Crippen LogP contribution in [0.3, 0.4) is 0 Å². The number of amides is 1.